The molecule has 0 radical (unpaired) electrons. The molecule has 0 bridgehead atoms. The SMILES string of the molecule is CCCCCCCC/C=C\CCCCCCCCOC(=O)[C@@H]1C(OC(C)=O)CCN1C(C)=O. The van der Waals surface area contributed by atoms with Crippen LogP contribution in [0, 0.1) is 0 Å². The van der Waals surface area contributed by atoms with E-state index in [0.717, 1.165) is 19.3 Å². The number of ether oxygens (including phenoxy) is 2. The van der Waals surface area contributed by atoms with Gasteiger partial charge in [-0.25, -0.2) is 4.79 Å². The summed E-state index contributed by atoms with van der Waals surface area (Å²) < 4.78 is 10.6. The van der Waals surface area contributed by atoms with E-state index in [9.17, 15) is 14.4 Å². The van der Waals surface area contributed by atoms with Gasteiger partial charge in [0.15, 0.2) is 6.04 Å². The normalized spacial score (nSPS) is 18.1. The monoisotopic (exact) mass is 465 g/mol. The van der Waals surface area contributed by atoms with E-state index in [1.54, 1.807) is 0 Å². The second kappa shape index (κ2) is 18.6. The number of carbonyl (C=O) groups excluding carboxylic acids is 3. The van der Waals surface area contributed by atoms with E-state index in [1.807, 2.05) is 0 Å². The number of hydrogen-bond acceptors (Lipinski definition) is 5. The number of amides is 1. The van der Waals surface area contributed by atoms with Crippen molar-refractivity contribution in [2.75, 3.05) is 13.2 Å². The van der Waals surface area contributed by atoms with Crippen molar-refractivity contribution in [3.8, 4) is 0 Å². The predicted molar refractivity (Wildman–Crippen MR) is 132 cm³/mol. The van der Waals surface area contributed by atoms with Gasteiger partial charge < -0.3 is 14.4 Å². The van der Waals surface area contributed by atoms with Crippen LogP contribution in [0.5, 0.6) is 0 Å². The van der Waals surface area contributed by atoms with Crippen LogP contribution in [-0.4, -0.2) is 48.0 Å². The Bertz CT molecular complexity index is 589. The Labute approximate surface area is 201 Å². The Morgan fingerprint density at radius 1 is 0.818 bits per heavy atom. The molecule has 1 heterocycles. The molecule has 6 nitrogen and oxygen atoms in total. The lowest BCUT2D eigenvalue weighted by atomic mass is 10.1. The van der Waals surface area contributed by atoms with E-state index in [-0.39, 0.29) is 5.91 Å². The van der Waals surface area contributed by atoms with Gasteiger partial charge in [-0.15, -0.1) is 0 Å². The molecule has 6 heteroatoms. The summed E-state index contributed by atoms with van der Waals surface area (Å²) in [4.78, 5) is 37.0. The first kappa shape index (κ1) is 29.2. The molecule has 0 spiro atoms. The smallest absolute Gasteiger partial charge is 0.332 e. The highest BCUT2D eigenvalue weighted by atomic mass is 16.6. The standard InChI is InChI=1S/C27H47NO5/c1-4-5-6-7-8-9-10-11-12-13-14-15-16-17-18-19-22-32-27(31)26-25(33-24(3)30)20-21-28(26)23(2)29/h11-12,25-26H,4-10,13-22H2,1-3H3/b12-11-/t25?,26-/m0/s1. The van der Waals surface area contributed by atoms with E-state index in [1.165, 1.54) is 89.4 Å². The molecule has 0 N–H and O–H groups in total. The van der Waals surface area contributed by atoms with Gasteiger partial charge in [-0.1, -0.05) is 76.9 Å². The van der Waals surface area contributed by atoms with Crippen molar-refractivity contribution in [1.82, 2.24) is 4.90 Å². The molecule has 1 amide bonds. The number of rotatable bonds is 18. The van der Waals surface area contributed by atoms with E-state index < -0.39 is 24.1 Å². The number of carbonyl (C=O) groups is 3. The molecule has 0 aliphatic carbocycles. The minimum atomic E-state index is -0.819. The molecule has 1 fully saturated rings. The van der Waals surface area contributed by atoms with Gasteiger partial charge in [0.2, 0.25) is 5.91 Å². The van der Waals surface area contributed by atoms with Crippen LogP contribution in [0.2, 0.25) is 0 Å². The largest absolute Gasteiger partial charge is 0.464 e. The number of unbranched alkanes of at least 4 members (excludes halogenated alkanes) is 12. The zero-order chi connectivity index (χ0) is 24.3. The number of hydrogen-bond donors (Lipinski definition) is 0. The highest BCUT2D eigenvalue weighted by Crippen LogP contribution is 2.23. The summed E-state index contributed by atoms with van der Waals surface area (Å²) in [5.74, 6) is -1.12. The third-order valence-electron chi connectivity index (χ3n) is 6.21. The van der Waals surface area contributed by atoms with E-state index in [0.29, 0.717) is 19.6 Å². The molecule has 0 aromatic heterocycles. The lowest BCUT2D eigenvalue weighted by Crippen LogP contribution is -2.46. The third-order valence-corrected chi connectivity index (χ3v) is 6.21. The molecular weight excluding hydrogens is 418 g/mol. The van der Waals surface area contributed by atoms with Crippen LogP contribution in [0.3, 0.4) is 0 Å². The van der Waals surface area contributed by atoms with Gasteiger partial charge in [-0.2, -0.15) is 0 Å². The molecule has 0 aromatic carbocycles. The fourth-order valence-electron chi connectivity index (χ4n) is 4.34. The summed E-state index contributed by atoms with van der Waals surface area (Å²) >= 11 is 0. The molecule has 190 valence electrons. The second-order valence-electron chi connectivity index (χ2n) is 9.20. The zero-order valence-electron chi connectivity index (χ0n) is 21.3. The van der Waals surface area contributed by atoms with E-state index in [4.69, 9.17) is 9.47 Å². The van der Waals surface area contributed by atoms with Crippen LogP contribution in [-0.2, 0) is 23.9 Å². The van der Waals surface area contributed by atoms with Crippen LogP contribution in [0.4, 0.5) is 0 Å². The molecule has 1 rings (SSSR count). The Morgan fingerprint density at radius 2 is 1.36 bits per heavy atom. The Balaban J connectivity index is 2.03. The molecular formula is C27H47NO5. The second-order valence-corrected chi connectivity index (χ2v) is 9.20. The summed E-state index contributed by atoms with van der Waals surface area (Å²) in [6.07, 6.45) is 21.7. The summed E-state index contributed by atoms with van der Waals surface area (Å²) in [5.41, 5.74) is 0. The van der Waals surface area contributed by atoms with Gasteiger partial charge in [-0.3, -0.25) is 9.59 Å². The van der Waals surface area contributed by atoms with Gasteiger partial charge in [0, 0.05) is 26.8 Å². The Hall–Kier alpha value is -1.85. The first-order valence-corrected chi connectivity index (χ1v) is 13.2. The predicted octanol–water partition coefficient (Wildman–Crippen LogP) is 6.12. The first-order valence-electron chi connectivity index (χ1n) is 13.2. The molecule has 33 heavy (non-hydrogen) atoms. The van der Waals surface area contributed by atoms with Crippen molar-refractivity contribution >= 4 is 17.8 Å². The first-order chi connectivity index (χ1) is 16.0. The van der Waals surface area contributed by atoms with Gasteiger partial charge in [0.1, 0.15) is 6.10 Å². The van der Waals surface area contributed by atoms with Crippen LogP contribution in [0.1, 0.15) is 117 Å². The zero-order valence-corrected chi connectivity index (χ0v) is 21.3. The molecule has 0 aromatic rings. The lowest BCUT2D eigenvalue weighted by Gasteiger charge is -2.25. The van der Waals surface area contributed by atoms with Crippen molar-refractivity contribution in [3.63, 3.8) is 0 Å². The average Bonchev–Trinajstić information content (AvgIpc) is 3.19. The maximum Gasteiger partial charge on any atom is 0.332 e. The van der Waals surface area contributed by atoms with Crippen molar-refractivity contribution in [2.45, 2.75) is 129 Å². The molecule has 1 aliphatic heterocycles. The topological polar surface area (TPSA) is 72.9 Å². The summed E-state index contributed by atoms with van der Waals surface area (Å²) in [5, 5.41) is 0. The Morgan fingerprint density at radius 3 is 1.91 bits per heavy atom. The highest BCUT2D eigenvalue weighted by Gasteiger charge is 2.43. The maximum atomic E-state index is 12.5. The van der Waals surface area contributed by atoms with E-state index in [2.05, 4.69) is 19.1 Å². The summed E-state index contributed by atoms with van der Waals surface area (Å²) in [6, 6.07) is -0.819. The van der Waals surface area contributed by atoms with Crippen molar-refractivity contribution < 1.29 is 23.9 Å². The minimum absolute atomic E-state index is 0.205. The van der Waals surface area contributed by atoms with Crippen molar-refractivity contribution in [3.05, 3.63) is 12.2 Å². The van der Waals surface area contributed by atoms with E-state index >= 15 is 0 Å². The number of nitrogens with zero attached hydrogens (tertiary/aromatic N) is 1. The number of allylic oxidation sites excluding steroid dienone is 2. The van der Waals surface area contributed by atoms with Crippen LogP contribution in [0.15, 0.2) is 12.2 Å². The van der Waals surface area contributed by atoms with Crippen LogP contribution in [0.25, 0.3) is 0 Å². The van der Waals surface area contributed by atoms with Gasteiger partial charge in [0.05, 0.1) is 6.61 Å². The summed E-state index contributed by atoms with van der Waals surface area (Å²) in [7, 11) is 0. The van der Waals surface area contributed by atoms with Crippen molar-refractivity contribution in [2.24, 2.45) is 0 Å². The highest BCUT2D eigenvalue weighted by molar-refractivity contribution is 5.85. The molecule has 0 saturated carbocycles. The quantitative estimate of drug-likeness (QED) is 0.138. The molecule has 2 atom stereocenters. The molecule has 1 aliphatic rings. The number of esters is 2. The lowest BCUT2D eigenvalue weighted by molar-refractivity contribution is -0.161. The van der Waals surface area contributed by atoms with Crippen LogP contribution >= 0.6 is 0 Å². The van der Waals surface area contributed by atoms with Gasteiger partial charge >= 0.3 is 11.9 Å². The van der Waals surface area contributed by atoms with Crippen molar-refractivity contribution in [1.29, 1.82) is 0 Å². The number of likely N-dealkylation sites (tertiary alicyclic amines) is 1. The average molecular weight is 466 g/mol. The molecule has 1 saturated heterocycles. The minimum Gasteiger partial charge on any atom is -0.464 e. The molecule has 1 unspecified atom stereocenters. The van der Waals surface area contributed by atoms with Gasteiger partial charge in [-0.05, 0) is 32.1 Å². The fourth-order valence-corrected chi connectivity index (χ4v) is 4.34. The summed E-state index contributed by atoms with van der Waals surface area (Å²) in [6.45, 7) is 5.73. The Kier molecular flexibility index (Phi) is 16.4. The fraction of sp³-hybridized carbons (Fsp3) is 0.815. The van der Waals surface area contributed by atoms with Gasteiger partial charge in [0.25, 0.3) is 0 Å². The maximum absolute atomic E-state index is 12.5. The third kappa shape index (κ3) is 13.4. The van der Waals surface area contributed by atoms with Crippen LogP contribution < -0.4 is 0 Å².